The van der Waals surface area contributed by atoms with Crippen molar-refractivity contribution in [2.75, 3.05) is 31.6 Å². The number of nitrogens with zero attached hydrogens (tertiary/aromatic N) is 5. The van der Waals surface area contributed by atoms with Crippen molar-refractivity contribution in [3.05, 3.63) is 42.0 Å². The minimum atomic E-state index is 0.415. The monoisotopic (exact) mass is 381 g/mol. The van der Waals surface area contributed by atoms with E-state index in [1.165, 1.54) is 18.5 Å². The maximum absolute atomic E-state index is 4.46. The van der Waals surface area contributed by atoms with Crippen molar-refractivity contribution in [2.45, 2.75) is 45.2 Å². The molecule has 7 heteroatoms. The van der Waals surface area contributed by atoms with Crippen LogP contribution in [0, 0.1) is 12.8 Å². The largest absolute Gasteiger partial charge is 0.369 e. The fourth-order valence-corrected chi connectivity index (χ4v) is 4.29. The Hall–Kier alpha value is -2.57. The molecular weight excluding hydrogens is 350 g/mol. The first kappa shape index (κ1) is 18.8. The molecule has 0 amide bonds. The lowest BCUT2D eigenvalue weighted by molar-refractivity contribution is 0.357. The summed E-state index contributed by atoms with van der Waals surface area (Å²) in [5.41, 5.74) is 1.30. The normalized spacial score (nSPS) is 22.6. The smallest absolute Gasteiger partial charge is 0.191 e. The highest BCUT2D eigenvalue weighted by Gasteiger charge is 2.23. The topological polar surface area (TPSA) is 70.4 Å². The van der Waals surface area contributed by atoms with Crippen LogP contribution in [0.1, 0.15) is 30.9 Å². The van der Waals surface area contributed by atoms with Crippen LogP contribution in [0.15, 0.2) is 35.3 Å². The standard InChI is InChI=1S/C21H31N7/c1-16-25-26-20-11-10-17(14-28(16)20)13-23-21(22-2)24-18-7-6-12-27(15-18)19-8-4-3-5-9-19/h3-5,8-9,17-18H,6-7,10-15H2,1-2H3,(H2,22,23,24). The predicted octanol–water partition coefficient (Wildman–Crippen LogP) is 1.98. The fourth-order valence-electron chi connectivity index (χ4n) is 4.29. The lowest BCUT2D eigenvalue weighted by Gasteiger charge is -2.35. The Balaban J connectivity index is 1.28. The summed E-state index contributed by atoms with van der Waals surface area (Å²) in [5.74, 6) is 3.63. The highest BCUT2D eigenvalue weighted by atomic mass is 15.3. The van der Waals surface area contributed by atoms with Gasteiger partial charge in [-0.3, -0.25) is 4.99 Å². The summed E-state index contributed by atoms with van der Waals surface area (Å²) in [7, 11) is 1.86. The van der Waals surface area contributed by atoms with Gasteiger partial charge in [-0.25, -0.2) is 0 Å². The van der Waals surface area contributed by atoms with Crippen molar-refractivity contribution >= 4 is 11.6 Å². The number of aryl methyl sites for hydroxylation is 2. The number of aliphatic imine (C=N–C) groups is 1. The molecule has 7 nitrogen and oxygen atoms in total. The Morgan fingerprint density at radius 2 is 2.04 bits per heavy atom. The van der Waals surface area contributed by atoms with Crippen molar-refractivity contribution in [1.82, 2.24) is 25.4 Å². The van der Waals surface area contributed by atoms with Gasteiger partial charge in [0, 0.05) is 51.4 Å². The van der Waals surface area contributed by atoms with Crippen LogP contribution in [-0.4, -0.2) is 53.4 Å². The summed E-state index contributed by atoms with van der Waals surface area (Å²) in [6.07, 6.45) is 4.53. The molecule has 0 aliphatic carbocycles. The average Bonchev–Trinajstić information content (AvgIpc) is 3.12. The van der Waals surface area contributed by atoms with Crippen LogP contribution in [0.4, 0.5) is 5.69 Å². The van der Waals surface area contributed by atoms with E-state index in [-0.39, 0.29) is 0 Å². The van der Waals surface area contributed by atoms with Crippen LogP contribution in [0.3, 0.4) is 0 Å². The number of guanidine groups is 1. The number of aromatic nitrogens is 3. The molecule has 0 spiro atoms. The van der Waals surface area contributed by atoms with E-state index in [1.807, 2.05) is 14.0 Å². The van der Waals surface area contributed by atoms with Crippen molar-refractivity contribution in [3.8, 4) is 0 Å². The molecule has 1 aromatic heterocycles. The van der Waals surface area contributed by atoms with Crippen molar-refractivity contribution < 1.29 is 0 Å². The Labute approximate surface area is 167 Å². The first-order chi connectivity index (χ1) is 13.7. The lowest BCUT2D eigenvalue weighted by atomic mass is 9.99. The van der Waals surface area contributed by atoms with Crippen LogP contribution >= 0.6 is 0 Å². The van der Waals surface area contributed by atoms with Crippen molar-refractivity contribution in [1.29, 1.82) is 0 Å². The molecule has 3 heterocycles. The molecule has 1 fully saturated rings. The zero-order valence-electron chi connectivity index (χ0n) is 16.9. The second-order valence-electron chi connectivity index (χ2n) is 7.90. The predicted molar refractivity (Wildman–Crippen MR) is 113 cm³/mol. The number of fused-ring (bicyclic) bond motifs is 1. The maximum atomic E-state index is 4.46. The number of benzene rings is 1. The number of hydrogen-bond acceptors (Lipinski definition) is 4. The Morgan fingerprint density at radius 3 is 2.86 bits per heavy atom. The van der Waals surface area contributed by atoms with Crippen LogP contribution in [-0.2, 0) is 13.0 Å². The first-order valence-electron chi connectivity index (χ1n) is 10.4. The van der Waals surface area contributed by atoms with Gasteiger partial charge in [0.15, 0.2) is 5.96 Å². The molecule has 2 atom stereocenters. The molecule has 2 aliphatic heterocycles. The molecule has 4 rings (SSSR count). The van der Waals surface area contributed by atoms with E-state index in [2.05, 4.69) is 65.6 Å². The van der Waals surface area contributed by atoms with Gasteiger partial charge in [-0.05, 0) is 44.2 Å². The average molecular weight is 382 g/mol. The molecule has 1 saturated heterocycles. The quantitative estimate of drug-likeness (QED) is 0.626. The van der Waals surface area contributed by atoms with Gasteiger partial charge in [0.2, 0.25) is 0 Å². The summed E-state index contributed by atoms with van der Waals surface area (Å²) < 4.78 is 2.25. The Morgan fingerprint density at radius 1 is 1.18 bits per heavy atom. The first-order valence-corrected chi connectivity index (χ1v) is 10.4. The van der Waals surface area contributed by atoms with E-state index in [1.54, 1.807) is 0 Å². The second-order valence-corrected chi connectivity index (χ2v) is 7.90. The number of piperidine rings is 1. The van der Waals surface area contributed by atoms with Gasteiger partial charge < -0.3 is 20.1 Å². The van der Waals surface area contributed by atoms with Crippen molar-refractivity contribution in [2.24, 2.45) is 10.9 Å². The number of rotatable bonds is 4. The molecule has 0 saturated carbocycles. The molecular formula is C21H31N7. The third-order valence-electron chi connectivity index (χ3n) is 5.89. The molecule has 28 heavy (non-hydrogen) atoms. The van der Waals surface area contributed by atoms with E-state index in [0.29, 0.717) is 12.0 Å². The SMILES string of the molecule is CN=C(NCC1CCc2nnc(C)n2C1)NC1CCCN(c2ccccc2)C1. The third-order valence-corrected chi connectivity index (χ3v) is 5.89. The Kier molecular flexibility index (Phi) is 5.78. The summed E-state index contributed by atoms with van der Waals surface area (Å²) in [6.45, 7) is 6.08. The van der Waals surface area contributed by atoms with Gasteiger partial charge in [-0.2, -0.15) is 0 Å². The summed E-state index contributed by atoms with van der Waals surface area (Å²) >= 11 is 0. The van der Waals surface area contributed by atoms with Crippen LogP contribution < -0.4 is 15.5 Å². The number of anilines is 1. The number of hydrogen-bond donors (Lipinski definition) is 2. The summed E-state index contributed by atoms with van der Waals surface area (Å²) in [4.78, 5) is 6.92. The number of para-hydroxylation sites is 1. The van der Waals surface area contributed by atoms with Crippen LogP contribution in [0.25, 0.3) is 0 Å². The van der Waals surface area contributed by atoms with E-state index < -0.39 is 0 Å². The van der Waals surface area contributed by atoms with Gasteiger partial charge in [0.1, 0.15) is 11.6 Å². The zero-order valence-corrected chi connectivity index (χ0v) is 16.9. The van der Waals surface area contributed by atoms with E-state index in [0.717, 1.165) is 56.6 Å². The second kappa shape index (κ2) is 8.63. The maximum Gasteiger partial charge on any atom is 0.191 e. The van der Waals surface area contributed by atoms with Crippen molar-refractivity contribution in [3.63, 3.8) is 0 Å². The highest BCUT2D eigenvalue weighted by molar-refractivity contribution is 5.80. The van der Waals surface area contributed by atoms with Gasteiger partial charge in [-0.1, -0.05) is 18.2 Å². The molecule has 1 aromatic carbocycles. The van der Waals surface area contributed by atoms with E-state index in [9.17, 15) is 0 Å². The van der Waals surface area contributed by atoms with Crippen LogP contribution in [0.2, 0.25) is 0 Å². The van der Waals surface area contributed by atoms with Gasteiger partial charge in [-0.15, -0.1) is 10.2 Å². The zero-order chi connectivity index (χ0) is 19.3. The minimum absolute atomic E-state index is 0.415. The molecule has 2 aliphatic rings. The van der Waals surface area contributed by atoms with Gasteiger partial charge >= 0.3 is 0 Å². The Bertz CT molecular complexity index is 798. The molecule has 0 bridgehead atoms. The summed E-state index contributed by atoms with van der Waals surface area (Å²) in [5, 5.41) is 15.7. The highest BCUT2D eigenvalue weighted by Crippen LogP contribution is 2.20. The summed E-state index contributed by atoms with van der Waals surface area (Å²) in [6, 6.07) is 11.1. The minimum Gasteiger partial charge on any atom is -0.369 e. The van der Waals surface area contributed by atoms with E-state index >= 15 is 0 Å². The number of nitrogens with one attached hydrogen (secondary N) is 2. The third kappa shape index (κ3) is 4.29. The van der Waals surface area contributed by atoms with Gasteiger partial charge in [0.05, 0.1) is 0 Å². The fraction of sp³-hybridized carbons (Fsp3) is 0.571. The molecule has 0 radical (unpaired) electrons. The van der Waals surface area contributed by atoms with Crippen LogP contribution in [0.5, 0.6) is 0 Å². The van der Waals surface area contributed by atoms with E-state index in [4.69, 9.17) is 0 Å². The van der Waals surface area contributed by atoms with Gasteiger partial charge in [0.25, 0.3) is 0 Å². The molecule has 2 N–H and O–H groups in total. The lowest BCUT2D eigenvalue weighted by Crippen LogP contribution is -2.52. The molecule has 2 unspecified atom stereocenters. The molecule has 2 aromatic rings. The molecule has 150 valence electrons.